The predicted octanol–water partition coefficient (Wildman–Crippen LogP) is 2.38. The fourth-order valence-electron chi connectivity index (χ4n) is 3.02. The summed E-state index contributed by atoms with van der Waals surface area (Å²) in [4.78, 5) is 8.52. The van der Waals surface area contributed by atoms with E-state index in [0.717, 1.165) is 36.9 Å². The van der Waals surface area contributed by atoms with Crippen molar-refractivity contribution in [3.63, 3.8) is 0 Å². The third-order valence-corrected chi connectivity index (χ3v) is 4.37. The Hall–Kier alpha value is -0.720. The van der Waals surface area contributed by atoms with Crippen LogP contribution in [0.2, 0.25) is 0 Å². The van der Waals surface area contributed by atoms with Gasteiger partial charge in [0.25, 0.3) is 0 Å². The molecule has 19 heavy (non-hydrogen) atoms. The number of nitrogens with one attached hydrogen (secondary N) is 1. The summed E-state index contributed by atoms with van der Waals surface area (Å²) in [6.07, 6.45) is 6.79. The Morgan fingerprint density at radius 2 is 2.32 bits per heavy atom. The number of rotatable bonds is 4. The molecule has 2 heterocycles. The van der Waals surface area contributed by atoms with Crippen LogP contribution in [0.5, 0.6) is 0 Å². The SMILES string of the molecule is CCO[C@@H]1C[C@@H](Nc2ncc(Br)cn2)[C@@]12CCCO2. The van der Waals surface area contributed by atoms with Crippen molar-refractivity contribution in [1.29, 1.82) is 0 Å². The largest absolute Gasteiger partial charge is 0.375 e. The van der Waals surface area contributed by atoms with E-state index in [1.165, 1.54) is 0 Å². The van der Waals surface area contributed by atoms with Crippen molar-refractivity contribution in [3.8, 4) is 0 Å². The molecule has 2 fully saturated rings. The highest BCUT2D eigenvalue weighted by Crippen LogP contribution is 2.46. The summed E-state index contributed by atoms with van der Waals surface area (Å²) in [5, 5.41) is 3.38. The fraction of sp³-hybridized carbons (Fsp3) is 0.692. The molecule has 6 heteroatoms. The average molecular weight is 328 g/mol. The summed E-state index contributed by atoms with van der Waals surface area (Å²) in [5.41, 5.74) is -0.174. The van der Waals surface area contributed by atoms with E-state index in [2.05, 4.69) is 31.2 Å². The second-order valence-corrected chi connectivity index (χ2v) is 5.92. The van der Waals surface area contributed by atoms with Crippen molar-refractivity contribution < 1.29 is 9.47 Å². The van der Waals surface area contributed by atoms with Crippen LogP contribution in [-0.2, 0) is 9.47 Å². The maximum absolute atomic E-state index is 6.00. The molecule has 0 radical (unpaired) electrons. The standard InChI is InChI=1S/C13H18BrN3O2/c1-2-18-11-6-10(13(11)4-3-5-19-13)17-12-15-7-9(14)8-16-12/h7-8,10-11H,2-6H2,1H3,(H,15,16,17)/t10-,11-,13+/m1/s1. The summed E-state index contributed by atoms with van der Waals surface area (Å²) in [6.45, 7) is 3.58. The Bertz CT molecular complexity index is 434. The highest BCUT2D eigenvalue weighted by atomic mass is 79.9. The number of hydrogen-bond donors (Lipinski definition) is 1. The van der Waals surface area contributed by atoms with E-state index in [1.54, 1.807) is 12.4 Å². The third-order valence-electron chi connectivity index (χ3n) is 3.96. The molecule has 1 aromatic heterocycles. The quantitative estimate of drug-likeness (QED) is 0.920. The topological polar surface area (TPSA) is 56.3 Å². The van der Waals surface area contributed by atoms with E-state index in [4.69, 9.17) is 9.47 Å². The molecular formula is C13H18BrN3O2. The number of hydrogen-bond acceptors (Lipinski definition) is 5. The smallest absolute Gasteiger partial charge is 0.222 e. The molecule has 0 bridgehead atoms. The van der Waals surface area contributed by atoms with Crippen LogP contribution < -0.4 is 5.32 Å². The summed E-state index contributed by atoms with van der Waals surface area (Å²) in [5.74, 6) is 0.651. The van der Waals surface area contributed by atoms with Crippen molar-refractivity contribution in [3.05, 3.63) is 16.9 Å². The molecule has 3 rings (SSSR count). The maximum atomic E-state index is 6.00. The summed E-state index contributed by atoms with van der Waals surface area (Å²) in [6, 6.07) is 0.243. The summed E-state index contributed by atoms with van der Waals surface area (Å²) in [7, 11) is 0. The van der Waals surface area contributed by atoms with E-state index >= 15 is 0 Å². The molecule has 104 valence electrons. The van der Waals surface area contributed by atoms with E-state index in [1.807, 2.05) is 6.92 Å². The Morgan fingerprint density at radius 3 is 2.95 bits per heavy atom. The Morgan fingerprint density at radius 1 is 1.53 bits per heavy atom. The predicted molar refractivity (Wildman–Crippen MR) is 75.1 cm³/mol. The molecule has 1 aliphatic carbocycles. The van der Waals surface area contributed by atoms with Crippen LogP contribution in [0.4, 0.5) is 5.95 Å². The lowest BCUT2D eigenvalue weighted by atomic mass is 9.70. The molecule has 0 amide bonds. The molecule has 1 saturated carbocycles. The van der Waals surface area contributed by atoms with Gasteiger partial charge in [-0.1, -0.05) is 0 Å². The first kappa shape index (κ1) is 13.3. The van der Waals surface area contributed by atoms with Gasteiger partial charge in [-0.15, -0.1) is 0 Å². The van der Waals surface area contributed by atoms with Gasteiger partial charge in [0.2, 0.25) is 5.95 Å². The van der Waals surface area contributed by atoms with Crippen LogP contribution in [0.15, 0.2) is 16.9 Å². The van der Waals surface area contributed by atoms with Gasteiger partial charge >= 0.3 is 0 Å². The van der Waals surface area contributed by atoms with Crippen molar-refractivity contribution in [2.24, 2.45) is 0 Å². The normalized spacial score (nSPS) is 33.4. The number of anilines is 1. The van der Waals surface area contributed by atoms with Gasteiger partial charge in [0.05, 0.1) is 16.6 Å². The Labute approximate surface area is 121 Å². The Balaban J connectivity index is 1.70. The van der Waals surface area contributed by atoms with Gasteiger partial charge in [-0.3, -0.25) is 0 Å². The minimum absolute atomic E-state index is 0.174. The van der Waals surface area contributed by atoms with Gasteiger partial charge in [0, 0.05) is 25.6 Å². The first-order valence-electron chi connectivity index (χ1n) is 6.74. The molecule has 1 aromatic rings. The molecule has 0 unspecified atom stereocenters. The van der Waals surface area contributed by atoms with Crippen molar-refractivity contribution >= 4 is 21.9 Å². The zero-order valence-corrected chi connectivity index (χ0v) is 12.5. The lowest BCUT2D eigenvalue weighted by molar-refractivity contribution is -0.184. The molecular weight excluding hydrogens is 310 g/mol. The molecule has 1 spiro atoms. The van der Waals surface area contributed by atoms with Gasteiger partial charge in [-0.25, -0.2) is 9.97 Å². The van der Waals surface area contributed by atoms with Crippen LogP contribution >= 0.6 is 15.9 Å². The molecule has 5 nitrogen and oxygen atoms in total. The fourth-order valence-corrected chi connectivity index (χ4v) is 3.23. The van der Waals surface area contributed by atoms with Gasteiger partial charge in [-0.05, 0) is 42.1 Å². The highest BCUT2D eigenvalue weighted by Gasteiger charge is 2.58. The van der Waals surface area contributed by atoms with Crippen molar-refractivity contribution in [1.82, 2.24) is 9.97 Å². The molecule has 2 aliphatic rings. The lowest BCUT2D eigenvalue weighted by Gasteiger charge is -2.52. The van der Waals surface area contributed by atoms with Gasteiger partial charge in [-0.2, -0.15) is 0 Å². The maximum Gasteiger partial charge on any atom is 0.222 e. The molecule has 1 N–H and O–H groups in total. The summed E-state index contributed by atoms with van der Waals surface area (Å²) < 4.78 is 12.7. The minimum atomic E-state index is -0.174. The van der Waals surface area contributed by atoms with Crippen LogP contribution in [0.25, 0.3) is 0 Å². The minimum Gasteiger partial charge on any atom is -0.375 e. The van der Waals surface area contributed by atoms with E-state index in [9.17, 15) is 0 Å². The number of halogens is 1. The van der Waals surface area contributed by atoms with Gasteiger partial charge in [0.1, 0.15) is 5.60 Å². The zero-order valence-electron chi connectivity index (χ0n) is 10.9. The summed E-state index contributed by atoms with van der Waals surface area (Å²) >= 11 is 3.34. The van der Waals surface area contributed by atoms with E-state index < -0.39 is 0 Å². The van der Waals surface area contributed by atoms with Crippen LogP contribution in [0, 0.1) is 0 Å². The lowest BCUT2D eigenvalue weighted by Crippen LogP contribution is -2.66. The van der Waals surface area contributed by atoms with Crippen molar-refractivity contribution in [2.45, 2.75) is 43.9 Å². The number of aromatic nitrogens is 2. The van der Waals surface area contributed by atoms with Gasteiger partial charge in [0.15, 0.2) is 0 Å². The van der Waals surface area contributed by atoms with Crippen LogP contribution in [-0.4, -0.2) is 40.9 Å². The second-order valence-electron chi connectivity index (χ2n) is 5.01. The third kappa shape index (κ3) is 2.37. The van der Waals surface area contributed by atoms with Gasteiger partial charge < -0.3 is 14.8 Å². The molecule has 1 saturated heterocycles. The first-order chi connectivity index (χ1) is 9.24. The first-order valence-corrected chi connectivity index (χ1v) is 7.53. The number of ether oxygens (including phenoxy) is 2. The zero-order chi connectivity index (χ0) is 13.3. The average Bonchev–Trinajstić information content (AvgIpc) is 2.92. The molecule has 0 aromatic carbocycles. The van der Waals surface area contributed by atoms with Crippen LogP contribution in [0.3, 0.4) is 0 Å². The van der Waals surface area contributed by atoms with Crippen molar-refractivity contribution in [2.75, 3.05) is 18.5 Å². The Kier molecular flexibility index (Phi) is 3.73. The second kappa shape index (κ2) is 5.34. The molecule has 3 atom stereocenters. The molecule has 1 aliphatic heterocycles. The van der Waals surface area contributed by atoms with E-state index in [-0.39, 0.29) is 17.7 Å². The highest BCUT2D eigenvalue weighted by molar-refractivity contribution is 9.10. The monoisotopic (exact) mass is 327 g/mol. The number of nitrogens with zero attached hydrogens (tertiary/aromatic N) is 2. The van der Waals surface area contributed by atoms with Crippen LogP contribution in [0.1, 0.15) is 26.2 Å². The van der Waals surface area contributed by atoms with E-state index in [0.29, 0.717) is 5.95 Å².